The number of fused-ring (bicyclic) bond motifs is 1. The lowest BCUT2D eigenvalue weighted by Gasteiger charge is -2.65. The fourth-order valence-electron chi connectivity index (χ4n) is 9.02. The summed E-state index contributed by atoms with van der Waals surface area (Å²) in [5.74, 6) is 0. The molecule has 4 atom stereocenters. The first-order valence-electron chi connectivity index (χ1n) is 14.1. The predicted octanol–water partition coefficient (Wildman–Crippen LogP) is 10.9. The molecule has 2 aliphatic heterocycles. The molecule has 0 N–H and O–H groups in total. The first kappa shape index (κ1) is 24.0. The summed E-state index contributed by atoms with van der Waals surface area (Å²) < 4.78 is 0. The van der Waals surface area contributed by atoms with Crippen molar-refractivity contribution in [1.82, 2.24) is 0 Å². The van der Waals surface area contributed by atoms with Crippen molar-refractivity contribution in [3.63, 3.8) is 0 Å². The van der Waals surface area contributed by atoms with Gasteiger partial charge in [0, 0.05) is 9.79 Å². The zero-order chi connectivity index (χ0) is 22.1. The van der Waals surface area contributed by atoms with Gasteiger partial charge in [0.05, 0.1) is 0 Å². The summed E-state index contributed by atoms with van der Waals surface area (Å²) in [6.45, 7) is 16.4. The average Bonchev–Trinajstić information content (AvgIpc) is 3.29. The third-order valence-corrected chi connectivity index (χ3v) is 29.8. The summed E-state index contributed by atoms with van der Waals surface area (Å²) in [6.07, 6.45) is 23.6. The molecule has 0 bridgehead atoms. The zero-order valence-corrected chi connectivity index (χ0v) is 24.4. The van der Waals surface area contributed by atoms with Gasteiger partial charge in [-0.15, -0.1) is 0 Å². The summed E-state index contributed by atoms with van der Waals surface area (Å²) in [5.41, 5.74) is 4.50. The fraction of sp³-hybridized carbons (Fsp3) is 1.00. The smallest absolute Gasteiger partial charge is 0.0350 e. The molecule has 0 spiro atoms. The highest BCUT2D eigenvalue weighted by Gasteiger charge is 2.97. The third-order valence-electron chi connectivity index (χ3n) is 9.90. The molecule has 178 valence electrons. The van der Waals surface area contributed by atoms with Gasteiger partial charge in [-0.3, -0.25) is 0 Å². The molecule has 0 aromatic rings. The van der Waals surface area contributed by atoms with E-state index in [0.29, 0.717) is 10.8 Å². The minimum atomic E-state index is 0.205. The van der Waals surface area contributed by atoms with Crippen LogP contribution >= 0.6 is 23.1 Å². The van der Waals surface area contributed by atoms with Gasteiger partial charge >= 0.3 is 0 Å². The van der Waals surface area contributed by atoms with E-state index < -0.39 is 0 Å². The Morgan fingerprint density at radius 3 is 1.03 bits per heavy atom. The van der Waals surface area contributed by atoms with Gasteiger partial charge in [-0.2, -0.15) is 0 Å². The van der Waals surface area contributed by atoms with Crippen LogP contribution in [0.3, 0.4) is 0 Å². The van der Waals surface area contributed by atoms with E-state index in [-0.39, 0.29) is 23.1 Å². The van der Waals surface area contributed by atoms with E-state index in [0.717, 1.165) is 26.8 Å². The lowest BCUT2D eigenvalue weighted by Crippen LogP contribution is -2.52. The minimum Gasteiger partial charge on any atom is -0.0774 e. The summed E-state index contributed by atoms with van der Waals surface area (Å²) in [5, 5.41) is 0. The molecule has 5 rings (SSSR count). The largest absolute Gasteiger partial charge is 0.0774 e. The molecule has 0 aromatic heterocycles. The van der Waals surface area contributed by atoms with Gasteiger partial charge in [0.25, 0.3) is 0 Å². The van der Waals surface area contributed by atoms with Crippen molar-refractivity contribution in [2.24, 2.45) is 10.8 Å². The van der Waals surface area contributed by atoms with Crippen LogP contribution in [0.2, 0.25) is 0 Å². The highest BCUT2D eigenvalue weighted by molar-refractivity contribution is 8.44. The van der Waals surface area contributed by atoms with Crippen molar-refractivity contribution in [3.05, 3.63) is 0 Å². The number of hydrogen-bond donors (Lipinski definition) is 0. The lowest BCUT2D eigenvalue weighted by atomic mass is 9.80. The van der Waals surface area contributed by atoms with Crippen molar-refractivity contribution >= 4 is 23.1 Å². The third kappa shape index (κ3) is 3.29. The van der Waals surface area contributed by atoms with Crippen LogP contribution in [0.25, 0.3) is 0 Å². The molecule has 3 aliphatic carbocycles. The second-order valence-electron chi connectivity index (χ2n) is 13.8. The standard InChI is InChI=1S/C28H51P3/c1-25(2,3)27-28(26(4,5)6,29(27)22-16-10-7-11-17-22)31(24-20-14-9-15-21-24)30(27)23-18-12-8-13-19-23/h22-24H,7-21H2,1-6H3. The molecule has 31 heavy (non-hydrogen) atoms. The molecule has 3 heteroatoms. The maximum atomic E-state index is 2.73. The normalized spacial score (nSPS) is 43.4. The molecule has 0 amide bonds. The summed E-state index contributed by atoms with van der Waals surface area (Å²) in [4.78, 5) is 1.58. The second-order valence-corrected chi connectivity index (χ2v) is 24.1. The molecule has 0 nitrogen and oxygen atoms in total. The Hall–Kier alpha value is 1.29. The predicted molar refractivity (Wildman–Crippen MR) is 146 cm³/mol. The van der Waals surface area contributed by atoms with Crippen LogP contribution < -0.4 is 0 Å². The van der Waals surface area contributed by atoms with E-state index in [1.165, 1.54) is 19.3 Å². The fourth-order valence-corrected chi connectivity index (χ4v) is 38.6. The van der Waals surface area contributed by atoms with E-state index in [2.05, 4.69) is 41.5 Å². The quantitative estimate of drug-likeness (QED) is 0.352. The summed E-state index contributed by atoms with van der Waals surface area (Å²) >= 11 is 0. The molecule has 2 saturated heterocycles. The van der Waals surface area contributed by atoms with Gasteiger partial charge in [-0.25, -0.2) is 0 Å². The van der Waals surface area contributed by atoms with E-state index in [4.69, 9.17) is 0 Å². The van der Waals surface area contributed by atoms with E-state index >= 15 is 0 Å². The Bertz CT molecular complexity index is 594. The molecule has 0 radical (unpaired) electrons. The first-order valence-corrected chi connectivity index (χ1v) is 19.0. The molecular weight excluding hydrogens is 429 g/mol. The van der Waals surface area contributed by atoms with Crippen molar-refractivity contribution in [2.75, 3.05) is 0 Å². The van der Waals surface area contributed by atoms with Crippen LogP contribution in [0.15, 0.2) is 0 Å². The van der Waals surface area contributed by atoms with Crippen LogP contribution in [-0.4, -0.2) is 26.8 Å². The number of rotatable bonds is 3. The average molecular weight is 481 g/mol. The highest BCUT2D eigenvalue weighted by atomic mass is 32.1. The Labute approximate surface area is 198 Å². The maximum absolute atomic E-state index is 2.73. The van der Waals surface area contributed by atoms with Gasteiger partial charge in [0.1, 0.15) is 0 Å². The van der Waals surface area contributed by atoms with Crippen molar-refractivity contribution < 1.29 is 0 Å². The summed E-state index contributed by atoms with van der Waals surface area (Å²) in [7, 11) is 0.715. The van der Waals surface area contributed by atoms with Crippen LogP contribution in [-0.2, 0) is 0 Å². The van der Waals surface area contributed by atoms with Crippen molar-refractivity contribution in [3.8, 4) is 0 Å². The molecular formula is C28H51P3. The maximum Gasteiger partial charge on any atom is 0.0350 e. The highest BCUT2D eigenvalue weighted by Crippen LogP contribution is 3.24. The van der Waals surface area contributed by atoms with Crippen LogP contribution in [0.1, 0.15) is 138 Å². The van der Waals surface area contributed by atoms with Crippen LogP contribution in [0, 0.1) is 10.8 Å². The van der Waals surface area contributed by atoms with E-state index in [1.54, 1.807) is 77.0 Å². The molecule has 5 aliphatic rings. The molecule has 2 heterocycles. The monoisotopic (exact) mass is 480 g/mol. The molecule has 4 unspecified atom stereocenters. The Morgan fingerprint density at radius 2 is 0.742 bits per heavy atom. The number of hydrogen-bond acceptors (Lipinski definition) is 0. The van der Waals surface area contributed by atoms with Gasteiger partial charge in [-0.05, 0) is 66.3 Å². The molecule has 3 saturated carbocycles. The molecule has 5 fully saturated rings. The van der Waals surface area contributed by atoms with Gasteiger partial charge < -0.3 is 0 Å². The first-order chi connectivity index (χ1) is 14.7. The Balaban J connectivity index is 1.63. The van der Waals surface area contributed by atoms with Crippen LogP contribution in [0.5, 0.6) is 0 Å². The van der Waals surface area contributed by atoms with Gasteiger partial charge in [0.2, 0.25) is 0 Å². The lowest BCUT2D eigenvalue weighted by molar-refractivity contribution is 0.280. The second kappa shape index (κ2) is 8.45. The van der Waals surface area contributed by atoms with E-state index in [9.17, 15) is 0 Å². The molecule has 0 aromatic carbocycles. The Morgan fingerprint density at radius 1 is 0.452 bits per heavy atom. The zero-order valence-electron chi connectivity index (χ0n) is 21.7. The van der Waals surface area contributed by atoms with Crippen molar-refractivity contribution in [2.45, 2.75) is 165 Å². The SMILES string of the molecule is CC(C)(C)C12P(C3CCCCC3)P(C3CCCCC3)C1(C(C)(C)C)P2C1CCCCC1. The van der Waals surface area contributed by atoms with Gasteiger partial charge in [-0.1, -0.05) is 122 Å². The summed E-state index contributed by atoms with van der Waals surface area (Å²) in [6, 6.07) is 0. The van der Waals surface area contributed by atoms with Crippen LogP contribution in [0.4, 0.5) is 0 Å². The topological polar surface area (TPSA) is 0 Å². The van der Waals surface area contributed by atoms with Gasteiger partial charge in [0.15, 0.2) is 0 Å². The van der Waals surface area contributed by atoms with Crippen molar-refractivity contribution in [1.29, 1.82) is 0 Å². The Kier molecular flexibility index (Phi) is 6.54. The minimum absolute atomic E-state index is 0.205. The van der Waals surface area contributed by atoms with E-state index in [1.807, 2.05) is 0 Å².